The van der Waals surface area contributed by atoms with Gasteiger partial charge < -0.3 is 30.7 Å². The number of carboxylic acids is 1. The van der Waals surface area contributed by atoms with Gasteiger partial charge in [0.2, 0.25) is 11.8 Å². The van der Waals surface area contributed by atoms with E-state index in [0.717, 1.165) is 44.3 Å². The van der Waals surface area contributed by atoms with E-state index in [1.807, 2.05) is 6.07 Å². The molecule has 192 valence electrons. The number of alkyl carbamates (subject to hydrolysis) is 1. The van der Waals surface area contributed by atoms with Gasteiger partial charge in [-0.15, -0.1) is 0 Å². The summed E-state index contributed by atoms with van der Waals surface area (Å²) in [6.45, 7) is 2.72. The van der Waals surface area contributed by atoms with Crippen LogP contribution in [0, 0.1) is 11.8 Å². The van der Waals surface area contributed by atoms with Gasteiger partial charge in [-0.1, -0.05) is 30.3 Å². The first-order valence-electron chi connectivity index (χ1n) is 12.4. The van der Waals surface area contributed by atoms with Crippen LogP contribution < -0.4 is 16.0 Å². The number of carbonyl (C=O) groups excluding carboxylic acids is 3. The Kier molecular flexibility index (Phi) is 10.3. The molecule has 2 aliphatic rings. The normalized spacial score (nSPS) is 19.4. The zero-order valence-electron chi connectivity index (χ0n) is 20.0. The molecule has 3 rings (SSSR count). The number of carbonyl (C=O) groups is 4. The van der Waals surface area contributed by atoms with Gasteiger partial charge in [0.15, 0.2) is 0 Å². The van der Waals surface area contributed by atoms with Crippen molar-refractivity contribution < 1.29 is 29.0 Å². The smallest absolute Gasteiger partial charge is 0.408 e. The predicted molar refractivity (Wildman–Crippen MR) is 128 cm³/mol. The van der Waals surface area contributed by atoms with E-state index in [2.05, 4.69) is 16.0 Å². The molecule has 4 N–H and O–H groups in total. The third-order valence-corrected chi connectivity index (χ3v) is 6.65. The molecule has 3 amide bonds. The van der Waals surface area contributed by atoms with Crippen LogP contribution in [0.2, 0.25) is 0 Å². The van der Waals surface area contributed by atoms with Crippen molar-refractivity contribution in [2.45, 2.75) is 51.2 Å². The van der Waals surface area contributed by atoms with Gasteiger partial charge in [0.05, 0.1) is 5.92 Å². The molecule has 1 aromatic carbocycles. The minimum atomic E-state index is -1.33. The number of likely N-dealkylation sites (tertiary alicyclic amines) is 1. The lowest BCUT2D eigenvalue weighted by atomic mass is 9.92. The number of hydrogen-bond donors (Lipinski definition) is 4. The summed E-state index contributed by atoms with van der Waals surface area (Å²) in [7, 11) is 0. The maximum absolute atomic E-state index is 12.7. The maximum Gasteiger partial charge on any atom is 0.408 e. The summed E-state index contributed by atoms with van der Waals surface area (Å²) in [5, 5.41) is 17.7. The zero-order chi connectivity index (χ0) is 25.0. The molecule has 0 unspecified atom stereocenters. The highest BCUT2D eigenvalue weighted by atomic mass is 16.5. The summed E-state index contributed by atoms with van der Waals surface area (Å²) in [4.78, 5) is 50.7. The molecule has 0 spiro atoms. The van der Waals surface area contributed by atoms with Crippen molar-refractivity contribution in [2.24, 2.45) is 11.8 Å². The van der Waals surface area contributed by atoms with E-state index in [1.165, 1.54) is 0 Å². The zero-order valence-corrected chi connectivity index (χ0v) is 20.0. The highest BCUT2D eigenvalue weighted by Crippen LogP contribution is 2.21. The second kappa shape index (κ2) is 13.7. The Labute approximate surface area is 205 Å². The van der Waals surface area contributed by atoms with Gasteiger partial charge in [0.1, 0.15) is 12.6 Å². The van der Waals surface area contributed by atoms with E-state index < -0.39 is 24.0 Å². The van der Waals surface area contributed by atoms with Crippen LogP contribution in [-0.4, -0.2) is 72.6 Å². The lowest BCUT2D eigenvalue weighted by molar-refractivity contribution is -0.139. The molecule has 2 fully saturated rings. The number of aliphatic carboxylic acids is 1. The van der Waals surface area contributed by atoms with Crippen molar-refractivity contribution in [3.05, 3.63) is 35.9 Å². The van der Waals surface area contributed by atoms with E-state index in [9.17, 15) is 24.3 Å². The number of nitrogens with zero attached hydrogens (tertiary/aromatic N) is 1. The van der Waals surface area contributed by atoms with Crippen LogP contribution in [-0.2, 0) is 25.7 Å². The summed E-state index contributed by atoms with van der Waals surface area (Å²) < 4.78 is 5.07. The van der Waals surface area contributed by atoms with Gasteiger partial charge in [0, 0.05) is 26.1 Å². The first-order valence-corrected chi connectivity index (χ1v) is 12.4. The van der Waals surface area contributed by atoms with Crippen LogP contribution >= 0.6 is 0 Å². The summed E-state index contributed by atoms with van der Waals surface area (Å²) >= 11 is 0. The van der Waals surface area contributed by atoms with Crippen LogP contribution in [0.4, 0.5) is 4.79 Å². The quantitative estimate of drug-likeness (QED) is 0.392. The number of hydrogen-bond acceptors (Lipinski definition) is 6. The Bertz CT molecular complexity index is 859. The van der Waals surface area contributed by atoms with E-state index in [1.54, 1.807) is 29.2 Å². The first kappa shape index (κ1) is 26.5. The minimum Gasteiger partial charge on any atom is -0.480 e. The fraction of sp³-hybridized carbons (Fsp3) is 0.600. The first-order chi connectivity index (χ1) is 16.9. The van der Waals surface area contributed by atoms with Crippen LogP contribution in [0.25, 0.3) is 0 Å². The van der Waals surface area contributed by atoms with E-state index >= 15 is 0 Å². The van der Waals surface area contributed by atoms with Crippen LogP contribution in [0.15, 0.2) is 30.3 Å². The molecular weight excluding hydrogens is 452 g/mol. The van der Waals surface area contributed by atoms with Gasteiger partial charge in [0.25, 0.3) is 0 Å². The molecule has 10 heteroatoms. The topological polar surface area (TPSA) is 137 Å². The predicted octanol–water partition coefficient (Wildman–Crippen LogP) is 1.50. The molecule has 2 atom stereocenters. The molecule has 0 aliphatic carbocycles. The Morgan fingerprint density at radius 1 is 1.11 bits per heavy atom. The molecule has 0 bridgehead atoms. The average molecular weight is 489 g/mol. The van der Waals surface area contributed by atoms with Crippen LogP contribution in [0.1, 0.15) is 44.1 Å². The van der Waals surface area contributed by atoms with Crippen molar-refractivity contribution in [3.63, 3.8) is 0 Å². The van der Waals surface area contributed by atoms with Gasteiger partial charge in [-0.2, -0.15) is 0 Å². The third kappa shape index (κ3) is 8.86. The fourth-order valence-corrected chi connectivity index (χ4v) is 4.53. The number of ether oxygens (including phenoxy) is 1. The SMILES string of the molecule is O=C(N[C@@H](CNC(=O)[C@@H]1CCCN(C(=O)CCC2CCNCC2)C1)C(=O)O)OCc1ccccc1. The van der Waals surface area contributed by atoms with Crippen molar-refractivity contribution in [2.75, 3.05) is 32.7 Å². The van der Waals surface area contributed by atoms with E-state index in [0.29, 0.717) is 31.8 Å². The third-order valence-electron chi connectivity index (χ3n) is 6.65. The molecule has 35 heavy (non-hydrogen) atoms. The lowest BCUT2D eigenvalue weighted by Gasteiger charge is -2.33. The molecule has 2 saturated heterocycles. The largest absolute Gasteiger partial charge is 0.480 e. The van der Waals surface area contributed by atoms with Gasteiger partial charge >= 0.3 is 12.1 Å². The molecule has 2 aliphatic heterocycles. The number of rotatable bonds is 10. The van der Waals surface area contributed by atoms with Crippen molar-refractivity contribution >= 4 is 23.9 Å². The molecule has 0 aromatic heterocycles. The maximum atomic E-state index is 12.7. The van der Waals surface area contributed by atoms with Crippen molar-refractivity contribution in [1.29, 1.82) is 0 Å². The molecule has 0 radical (unpaired) electrons. The number of piperidine rings is 2. The van der Waals surface area contributed by atoms with Crippen molar-refractivity contribution in [1.82, 2.24) is 20.9 Å². The highest BCUT2D eigenvalue weighted by molar-refractivity contribution is 5.83. The lowest BCUT2D eigenvalue weighted by Crippen LogP contribution is -2.51. The second-order valence-corrected chi connectivity index (χ2v) is 9.25. The summed E-state index contributed by atoms with van der Waals surface area (Å²) in [5.74, 6) is -1.34. The molecule has 1 aromatic rings. The fourth-order valence-electron chi connectivity index (χ4n) is 4.53. The molecule has 2 heterocycles. The number of nitrogens with one attached hydrogen (secondary N) is 3. The average Bonchev–Trinajstić information content (AvgIpc) is 2.89. The van der Waals surface area contributed by atoms with Gasteiger partial charge in [-0.05, 0) is 56.7 Å². The highest BCUT2D eigenvalue weighted by Gasteiger charge is 2.30. The summed E-state index contributed by atoms with van der Waals surface area (Å²) in [5.41, 5.74) is 0.773. The van der Waals surface area contributed by atoms with Crippen LogP contribution in [0.3, 0.4) is 0 Å². The Morgan fingerprint density at radius 2 is 1.86 bits per heavy atom. The Hall–Kier alpha value is -3.14. The number of amides is 3. The number of carboxylic acid groups (broad SMARTS) is 1. The van der Waals surface area contributed by atoms with Gasteiger partial charge in [-0.3, -0.25) is 9.59 Å². The minimum absolute atomic E-state index is 0.00887. The summed E-state index contributed by atoms with van der Waals surface area (Å²) in [6, 6.07) is 7.69. The van der Waals surface area contributed by atoms with Crippen LogP contribution in [0.5, 0.6) is 0 Å². The Balaban J connectivity index is 1.40. The molecule has 0 saturated carbocycles. The molecular formula is C25H36N4O6. The second-order valence-electron chi connectivity index (χ2n) is 9.25. The van der Waals surface area contributed by atoms with Crippen molar-refractivity contribution in [3.8, 4) is 0 Å². The Morgan fingerprint density at radius 3 is 2.57 bits per heavy atom. The number of benzene rings is 1. The van der Waals surface area contributed by atoms with E-state index in [-0.39, 0.29) is 25.0 Å². The van der Waals surface area contributed by atoms with Gasteiger partial charge in [-0.25, -0.2) is 9.59 Å². The molecule has 10 nitrogen and oxygen atoms in total. The summed E-state index contributed by atoms with van der Waals surface area (Å²) in [6.07, 6.45) is 4.04. The van der Waals surface area contributed by atoms with E-state index in [4.69, 9.17) is 4.74 Å². The standard InChI is InChI=1S/C25H36N4O6/c30-22(9-8-18-10-12-26-13-11-18)29-14-4-7-20(16-29)23(31)27-15-21(24(32)33)28-25(34)35-17-19-5-2-1-3-6-19/h1-3,5-6,18,20-21,26H,4,7-17H2,(H,27,31)(H,28,34)(H,32,33)/t20-,21+/m1/s1. The monoisotopic (exact) mass is 488 g/mol.